The Hall–Kier alpha value is -2.54. The molecule has 3 aliphatic rings. The third kappa shape index (κ3) is 2.37. The number of hydrogen-bond acceptors (Lipinski definition) is 7. The van der Waals surface area contributed by atoms with Crippen molar-refractivity contribution in [3.63, 3.8) is 0 Å². The summed E-state index contributed by atoms with van der Waals surface area (Å²) >= 11 is 1.29. The van der Waals surface area contributed by atoms with Gasteiger partial charge in [-0.3, -0.25) is 4.98 Å². The minimum absolute atomic E-state index is 0.0690. The zero-order valence-electron chi connectivity index (χ0n) is 15.2. The highest BCUT2D eigenvalue weighted by Gasteiger charge is 2.54. The molecular formula is C20H20N2O4S. The van der Waals surface area contributed by atoms with Gasteiger partial charge in [-0.15, -0.1) is 11.3 Å². The molecule has 0 saturated heterocycles. The van der Waals surface area contributed by atoms with Crippen LogP contribution in [0.5, 0.6) is 11.5 Å². The molecule has 7 heteroatoms. The van der Waals surface area contributed by atoms with Crippen LogP contribution >= 0.6 is 11.3 Å². The van der Waals surface area contributed by atoms with Crippen molar-refractivity contribution in [2.45, 2.75) is 30.5 Å². The van der Waals surface area contributed by atoms with Crippen LogP contribution in [0.15, 0.2) is 36.0 Å². The highest BCUT2D eigenvalue weighted by molar-refractivity contribution is 7.11. The number of benzene rings is 1. The summed E-state index contributed by atoms with van der Waals surface area (Å²) in [6, 6.07) is 4.07. The fourth-order valence-electron chi connectivity index (χ4n) is 4.47. The molecule has 1 aromatic carbocycles. The minimum Gasteiger partial charge on any atom is -0.493 e. The number of anilines is 1. The monoisotopic (exact) mass is 384 g/mol. The van der Waals surface area contributed by atoms with Gasteiger partial charge in [-0.05, 0) is 24.6 Å². The number of thiazole rings is 1. The van der Waals surface area contributed by atoms with Gasteiger partial charge in [-0.2, -0.15) is 0 Å². The Morgan fingerprint density at radius 3 is 3.11 bits per heavy atom. The van der Waals surface area contributed by atoms with E-state index in [0.717, 1.165) is 24.5 Å². The molecule has 2 aromatic rings. The van der Waals surface area contributed by atoms with Crippen LogP contribution in [-0.4, -0.2) is 43.9 Å². The van der Waals surface area contributed by atoms with Crippen molar-refractivity contribution in [3.8, 4) is 11.5 Å². The van der Waals surface area contributed by atoms with Gasteiger partial charge in [0.05, 0.1) is 24.2 Å². The second-order valence-electron chi connectivity index (χ2n) is 7.21. The Kier molecular flexibility index (Phi) is 3.69. The minimum atomic E-state index is -0.333. The maximum atomic E-state index is 12.3. The Labute approximate surface area is 161 Å². The van der Waals surface area contributed by atoms with Crippen LogP contribution in [0.25, 0.3) is 0 Å². The number of carbonyl (C=O) groups excluding carboxylic acids is 1. The van der Waals surface area contributed by atoms with Gasteiger partial charge in [-0.25, -0.2) is 4.79 Å². The van der Waals surface area contributed by atoms with Crippen LogP contribution in [0.3, 0.4) is 0 Å². The molecule has 0 fully saturated rings. The number of methoxy groups -OCH3 is 1. The molecule has 140 valence electrons. The molecule has 1 aromatic heterocycles. The SMILES string of the molecule is COc1ccc2c3c1OC1C[C@@H](OC(=O)c4cncs4)C=C[C@@]31CCN2C. The lowest BCUT2D eigenvalue weighted by Gasteiger charge is -2.42. The summed E-state index contributed by atoms with van der Waals surface area (Å²) in [6.45, 7) is 0.953. The van der Waals surface area contributed by atoms with Gasteiger partial charge >= 0.3 is 5.97 Å². The average molecular weight is 384 g/mol. The number of hydrogen-bond donors (Lipinski definition) is 0. The molecule has 1 spiro atoms. The molecule has 0 bridgehead atoms. The molecule has 0 N–H and O–H groups in total. The van der Waals surface area contributed by atoms with Crippen LogP contribution < -0.4 is 14.4 Å². The van der Waals surface area contributed by atoms with Gasteiger partial charge in [0.15, 0.2) is 11.5 Å². The zero-order valence-corrected chi connectivity index (χ0v) is 16.0. The van der Waals surface area contributed by atoms with E-state index in [2.05, 4.69) is 29.1 Å². The molecule has 2 aliphatic heterocycles. The number of esters is 1. The van der Waals surface area contributed by atoms with E-state index in [0.29, 0.717) is 11.3 Å². The first kappa shape index (κ1) is 16.6. The molecule has 0 radical (unpaired) electrons. The zero-order chi connectivity index (χ0) is 18.6. The topological polar surface area (TPSA) is 60.9 Å². The van der Waals surface area contributed by atoms with Crippen molar-refractivity contribution in [2.24, 2.45) is 0 Å². The fourth-order valence-corrected chi connectivity index (χ4v) is 4.97. The van der Waals surface area contributed by atoms with Gasteiger partial charge in [0.2, 0.25) is 0 Å². The third-order valence-electron chi connectivity index (χ3n) is 5.84. The predicted octanol–water partition coefficient (Wildman–Crippen LogP) is 3.18. The van der Waals surface area contributed by atoms with Crippen molar-refractivity contribution in [3.05, 3.63) is 46.4 Å². The molecular weight excluding hydrogens is 364 g/mol. The van der Waals surface area contributed by atoms with Crippen molar-refractivity contribution in [2.75, 3.05) is 25.6 Å². The predicted molar refractivity (Wildman–Crippen MR) is 102 cm³/mol. The Morgan fingerprint density at radius 2 is 2.33 bits per heavy atom. The van der Waals surface area contributed by atoms with Gasteiger partial charge < -0.3 is 19.1 Å². The van der Waals surface area contributed by atoms with E-state index >= 15 is 0 Å². The molecule has 0 saturated carbocycles. The lowest BCUT2D eigenvalue weighted by atomic mass is 9.67. The second-order valence-corrected chi connectivity index (χ2v) is 8.10. The summed E-state index contributed by atoms with van der Waals surface area (Å²) < 4.78 is 17.6. The summed E-state index contributed by atoms with van der Waals surface area (Å²) in [7, 11) is 3.77. The van der Waals surface area contributed by atoms with Gasteiger partial charge in [0.25, 0.3) is 0 Å². The lowest BCUT2D eigenvalue weighted by Crippen LogP contribution is -2.47. The molecule has 3 heterocycles. The first-order chi connectivity index (χ1) is 13.1. The van der Waals surface area contributed by atoms with Crippen molar-refractivity contribution >= 4 is 23.0 Å². The van der Waals surface area contributed by atoms with Crippen LogP contribution in [0.1, 0.15) is 28.1 Å². The van der Waals surface area contributed by atoms with Gasteiger partial charge in [0, 0.05) is 31.3 Å². The van der Waals surface area contributed by atoms with Crippen molar-refractivity contribution in [1.82, 2.24) is 4.98 Å². The normalized spacial score (nSPS) is 27.6. The molecule has 0 amide bonds. The average Bonchev–Trinajstić information content (AvgIpc) is 3.32. The number of carbonyl (C=O) groups is 1. The Balaban J connectivity index is 1.49. The molecule has 27 heavy (non-hydrogen) atoms. The molecule has 1 aliphatic carbocycles. The van der Waals surface area contributed by atoms with Gasteiger partial charge in [-0.1, -0.05) is 6.08 Å². The molecule has 1 unspecified atom stereocenters. The number of aromatic nitrogens is 1. The third-order valence-corrected chi connectivity index (χ3v) is 6.59. The van der Waals surface area contributed by atoms with Crippen LogP contribution in [0.4, 0.5) is 5.69 Å². The van der Waals surface area contributed by atoms with Crippen molar-refractivity contribution in [1.29, 1.82) is 0 Å². The quantitative estimate of drug-likeness (QED) is 0.598. The Bertz CT molecular complexity index is 926. The largest absolute Gasteiger partial charge is 0.493 e. The molecule has 5 rings (SSSR count). The van der Waals surface area contributed by atoms with E-state index in [-0.39, 0.29) is 23.6 Å². The van der Waals surface area contributed by atoms with Crippen LogP contribution in [0, 0.1) is 0 Å². The molecule has 6 nitrogen and oxygen atoms in total. The standard InChI is InChI=1S/C20H20N2O4S/c1-22-8-7-20-6-5-12(25-19(23)15-10-21-11-27-15)9-16(20)26-18-14(24-2)4-3-13(22)17(18)20/h3-6,10-12,16H,7-9H2,1-2H3/t12-,16?,20-/m0/s1. The van der Waals surface area contributed by atoms with E-state index < -0.39 is 0 Å². The summed E-state index contributed by atoms with van der Waals surface area (Å²) in [6.07, 6.45) is 6.96. The lowest BCUT2D eigenvalue weighted by molar-refractivity contribution is 0.0226. The summed E-state index contributed by atoms with van der Waals surface area (Å²) in [4.78, 5) is 19.0. The summed E-state index contributed by atoms with van der Waals surface area (Å²) in [5.74, 6) is 1.25. The highest BCUT2D eigenvalue weighted by Crippen LogP contribution is 2.58. The second kappa shape index (κ2) is 5.99. The first-order valence-electron chi connectivity index (χ1n) is 9.00. The maximum Gasteiger partial charge on any atom is 0.350 e. The van der Waals surface area contributed by atoms with Crippen molar-refractivity contribution < 1.29 is 19.0 Å². The van der Waals surface area contributed by atoms with E-state index in [4.69, 9.17) is 14.2 Å². The number of ether oxygens (including phenoxy) is 3. The van der Waals surface area contributed by atoms with E-state index in [1.165, 1.54) is 28.8 Å². The van der Waals surface area contributed by atoms with E-state index in [1.54, 1.807) is 12.6 Å². The van der Waals surface area contributed by atoms with Crippen LogP contribution in [-0.2, 0) is 10.2 Å². The van der Waals surface area contributed by atoms with Gasteiger partial charge in [0.1, 0.15) is 17.1 Å². The van der Waals surface area contributed by atoms with E-state index in [9.17, 15) is 4.79 Å². The number of nitrogens with zero attached hydrogens (tertiary/aromatic N) is 2. The number of rotatable bonds is 3. The Morgan fingerprint density at radius 1 is 1.44 bits per heavy atom. The van der Waals surface area contributed by atoms with E-state index in [1.807, 2.05) is 12.1 Å². The maximum absolute atomic E-state index is 12.3. The summed E-state index contributed by atoms with van der Waals surface area (Å²) in [5, 5.41) is 0. The first-order valence-corrected chi connectivity index (χ1v) is 9.88. The smallest absolute Gasteiger partial charge is 0.350 e. The fraction of sp³-hybridized carbons (Fsp3) is 0.400. The van der Waals surface area contributed by atoms with Crippen LogP contribution in [0.2, 0.25) is 0 Å². The highest BCUT2D eigenvalue weighted by atomic mass is 32.1. The summed E-state index contributed by atoms with van der Waals surface area (Å²) in [5.41, 5.74) is 3.83. The molecule has 3 atom stereocenters.